The number of nitrogens with zero attached hydrogens (tertiary/aromatic N) is 3. The van der Waals surface area contributed by atoms with Gasteiger partial charge in [0.1, 0.15) is 0 Å². The van der Waals surface area contributed by atoms with Crippen LogP contribution in [0.4, 0.5) is 5.69 Å². The second kappa shape index (κ2) is 8.10. The number of halogens is 1. The van der Waals surface area contributed by atoms with E-state index in [0.717, 1.165) is 54.3 Å². The quantitative estimate of drug-likeness (QED) is 0.615. The van der Waals surface area contributed by atoms with Gasteiger partial charge in [0.15, 0.2) is 5.96 Å². The summed E-state index contributed by atoms with van der Waals surface area (Å²) in [6.45, 7) is 4.60. The molecule has 1 amide bonds. The van der Waals surface area contributed by atoms with Crippen LogP contribution in [0.2, 0.25) is 5.02 Å². The Kier molecular flexibility index (Phi) is 5.39. The Hall–Kier alpha value is -2.73. The van der Waals surface area contributed by atoms with Crippen LogP contribution in [0.3, 0.4) is 0 Å². The van der Waals surface area contributed by atoms with Crippen molar-refractivity contribution >= 4 is 29.2 Å². The molecule has 0 atom stereocenters. The van der Waals surface area contributed by atoms with Crippen LogP contribution in [0.15, 0.2) is 47.5 Å². The lowest BCUT2D eigenvalue weighted by molar-refractivity contribution is 0.0946. The summed E-state index contributed by atoms with van der Waals surface area (Å²) in [5.74, 6) is 0.552. The minimum atomic E-state index is -0.00151. The largest absolute Gasteiger partial charge is 0.370 e. The highest BCUT2D eigenvalue weighted by molar-refractivity contribution is 6.30. The first kappa shape index (κ1) is 18.6. The third kappa shape index (κ3) is 4.07. The van der Waals surface area contributed by atoms with Gasteiger partial charge >= 0.3 is 0 Å². The minimum absolute atomic E-state index is 0.00151. The van der Waals surface area contributed by atoms with Gasteiger partial charge < -0.3 is 20.9 Å². The molecule has 0 spiro atoms. The highest BCUT2D eigenvalue weighted by Crippen LogP contribution is 2.20. The van der Waals surface area contributed by atoms with Gasteiger partial charge in [-0.15, -0.1) is 0 Å². The molecule has 4 rings (SSSR count). The molecular weight excluding hydrogens is 374 g/mol. The topological polar surface area (TPSA) is 74.0 Å². The molecular formula is C21H24ClN5O. The van der Waals surface area contributed by atoms with Crippen LogP contribution < -0.4 is 16.0 Å². The van der Waals surface area contributed by atoms with E-state index >= 15 is 0 Å². The second-order valence-corrected chi connectivity index (χ2v) is 7.56. The predicted octanol–water partition coefficient (Wildman–Crippen LogP) is 2.26. The fraction of sp³-hybridized carbons (Fsp3) is 0.333. The van der Waals surface area contributed by atoms with Crippen molar-refractivity contribution in [2.45, 2.75) is 13.0 Å². The Balaban J connectivity index is 1.36. The van der Waals surface area contributed by atoms with E-state index in [1.165, 1.54) is 5.69 Å². The Morgan fingerprint density at radius 1 is 1.11 bits per heavy atom. The predicted molar refractivity (Wildman–Crippen MR) is 113 cm³/mol. The summed E-state index contributed by atoms with van der Waals surface area (Å²) in [5.41, 5.74) is 10.3. The van der Waals surface area contributed by atoms with Crippen LogP contribution in [0, 0.1) is 0 Å². The summed E-state index contributed by atoms with van der Waals surface area (Å²) < 4.78 is 0. The molecule has 1 saturated heterocycles. The van der Waals surface area contributed by atoms with Crippen molar-refractivity contribution in [3.63, 3.8) is 0 Å². The molecule has 2 heterocycles. The standard InChI is InChI=1S/C21H24ClN5O/c22-17-3-5-18(6-4-17)26-9-11-27(12-10-26)21(23)25-14-15-1-2-16-7-8-24-20(28)19(16)13-15/h1-6,13H,7-12,14H2,(H2,23,25)(H,24,28). The molecule has 0 aliphatic carbocycles. The van der Waals surface area contributed by atoms with Crippen molar-refractivity contribution in [3.05, 3.63) is 64.2 Å². The molecule has 146 valence electrons. The number of amides is 1. The molecule has 1 fully saturated rings. The molecule has 0 aromatic heterocycles. The van der Waals surface area contributed by atoms with Gasteiger partial charge in [-0.1, -0.05) is 23.7 Å². The van der Waals surface area contributed by atoms with Gasteiger partial charge in [-0.2, -0.15) is 0 Å². The number of benzene rings is 2. The van der Waals surface area contributed by atoms with Gasteiger partial charge in [0.25, 0.3) is 5.91 Å². The third-order valence-corrected chi connectivity index (χ3v) is 5.57. The first-order valence-corrected chi connectivity index (χ1v) is 9.93. The zero-order valence-corrected chi connectivity index (χ0v) is 16.5. The van der Waals surface area contributed by atoms with E-state index in [2.05, 4.69) is 20.1 Å². The van der Waals surface area contributed by atoms with Crippen LogP contribution in [0.1, 0.15) is 21.5 Å². The molecule has 2 aliphatic heterocycles. The van der Waals surface area contributed by atoms with Crippen molar-refractivity contribution < 1.29 is 4.79 Å². The number of carbonyl (C=O) groups excluding carboxylic acids is 1. The number of nitrogens with one attached hydrogen (secondary N) is 1. The average molecular weight is 398 g/mol. The van der Waals surface area contributed by atoms with Crippen molar-refractivity contribution in [2.75, 3.05) is 37.6 Å². The number of rotatable bonds is 3. The maximum Gasteiger partial charge on any atom is 0.251 e. The van der Waals surface area contributed by atoms with E-state index in [1.807, 2.05) is 42.5 Å². The van der Waals surface area contributed by atoms with Gasteiger partial charge in [-0.05, 0) is 47.9 Å². The minimum Gasteiger partial charge on any atom is -0.370 e. The van der Waals surface area contributed by atoms with Gasteiger partial charge in [0, 0.05) is 49.0 Å². The summed E-state index contributed by atoms with van der Waals surface area (Å²) >= 11 is 5.97. The van der Waals surface area contributed by atoms with Gasteiger partial charge in [0.2, 0.25) is 0 Å². The van der Waals surface area contributed by atoms with E-state index in [4.69, 9.17) is 17.3 Å². The molecule has 0 unspecified atom stereocenters. The lowest BCUT2D eigenvalue weighted by Crippen LogP contribution is -2.51. The SMILES string of the molecule is NC(=NCc1ccc2c(c1)C(=O)NCC2)N1CCN(c2ccc(Cl)cc2)CC1. The third-order valence-electron chi connectivity index (χ3n) is 5.32. The van der Waals surface area contributed by atoms with E-state index in [0.29, 0.717) is 19.0 Å². The average Bonchev–Trinajstić information content (AvgIpc) is 2.73. The first-order chi connectivity index (χ1) is 13.6. The molecule has 0 radical (unpaired) electrons. The molecule has 2 aromatic rings. The number of hydrogen-bond donors (Lipinski definition) is 2. The van der Waals surface area contributed by atoms with Gasteiger partial charge in [-0.3, -0.25) is 4.79 Å². The zero-order valence-electron chi connectivity index (χ0n) is 15.7. The van der Waals surface area contributed by atoms with Crippen molar-refractivity contribution in [1.82, 2.24) is 10.2 Å². The number of piperazine rings is 1. The molecule has 2 aliphatic rings. The van der Waals surface area contributed by atoms with Crippen LogP contribution in [-0.4, -0.2) is 49.5 Å². The number of aliphatic imine (C=N–C) groups is 1. The molecule has 0 saturated carbocycles. The summed E-state index contributed by atoms with van der Waals surface area (Å²) in [5, 5.41) is 3.63. The van der Waals surface area contributed by atoms with E-state index in [-0.39, 0.29) is 5.91 Å². The smallest absolute Gasteiger partial charge is 0.251 e. The summed E-state index contributed by atoms with van der Waals surface area (Å²) in [4.78, 5) is 21.0. The van der Waals surface area contributed by atoms with Crippen molar-refractivity contribution in [1.29, 1.82) is 0 Å². The summed E-state index contributed by atoms with van der Waals surface area (Å²) in [6, 6.07) is 13.9. The Morgan fingerprint density at radius 2 is 1.86 bits per heavy atom. The number of anilines is 1. The maximum absolute atomic E-state index is 12.0. The Bertz CT molecular complexity index is 888. The number of nitrogens with two attached hydrogens (primary N) is 1. The lowest BCUT2D eigenvalue weighted by atomic mass is 9.98. The van der Waals surface area contributed by atoms with Gasteiger partial charge in [-0.25, -0.2) is 4.99 Å². The van der Waals surface area contributed by atoms with E-state index in [1.54, 1.807) is 0 Å². The highest BCUT2D eigenvalue weighted by Gasteiger charge is 2.19. The molecule has 0 bridgehead atoms. The Morgan fingerprint density at radius 3 is 2.61 bits per heavy atom. The summed E-state index contributed by atoms with van der Waals surface area (Å²) in [7, 11) is 0. The normalized spacial score (nSPS) is 17.3. The molecule has 28 heavy (non-hydrogen) atoms. The fourth-order valence-corrected chi connectivity index (χ4v) is 3.80. The van der Waals surface area contributed by atoms with E-state index in [9.17, 15) is 4.79 Å². The molecule has 7 heteroatoms. The number of guanidine groups is 1. The fourth-order valence-electron chi connectivity index (χ4n) is 3.68. The maximum atomic E-state index is 12.0. The summed E-state index contributed by atoms with van der Waals surface area (Å²) in [6.07, 6.45) is 0.880. The molecule has 6 nitrogen and oxygen atoms in total. The number of carbonyl (C=O) groups is 1. The van der Waals surface area contributed by atoms with Crippen LogP contribution in [-0.2, 0) is 13.0 Å². The van der Waals surface area contributed by atoms with E-state index < -0.39 is 0 Å². The highest BCUT2D eigenvalue weighted by atomic mass is 35.5. The van der Waals surface area contributed by atoms with Crippen LogP contribution in [0.5, 0.6) is 0 Å². The number of hydrogen-bond acceptors (Lipinski definition) is 3. The monoisotopic (exact) mass is 397 g/mol. The molecule has 2 aromatic carbocycles. The Labute approximate surface area is 170 Å². The lowest BCUT2D eigenvalue weighted by Gasteiger charge is -2.36. The molecule has 3 N–H and O–H groups in total. The van der Waals surface area contributed by atoms with Crippen molar-refractivity contribution in [2.24, 2.45) is 10.7 Å². The van der Waals surface area contributed by atoms with Crippen LogP contribution >= 0.6 is 11.6 Å². The van der Waals surface area contributed by atoms with Gasteiger partial charge in [0.05, 0.1) is 6.54 Å². The zero-order chi connectivity index (χ0) is 19.5. The van der Waals surface area contributed by atoms with Crippen molar-refractivity contribution in [3.8, 4) is 0 Å². The number of fused-ring (bicyclic) bond motifs is 1. The van der Waals surface area contributed by atoms with Crippen LogP contribution in [0.25, 0.3) is 0 Å². The second-order valence-electron chi connectivity index (χ2n) is 7.12. The first-order valence-electron chi connectivity index (χ1n) is 9.55.